The molecular formula is C9H16N6O2. The molecule has 0 aromatic carbocycles. The summed E-state index contributed by atoms with van der Waals surface area (Å²) in [4.78, 5) is 5.93. The van der Waals surface area contributed by atoms with Crippen LogP contribution in [0.15, 0.2) is 4.99 Å². The van der Waals surface area contributed by atoms with Gasteiger partial charge >= 0.3 is 0 Å². The van der Waals surface area contributed by atoms with Crippen molar-refractivity contribution in [2.75, 3.05) is 19.7 Å². The molecule has 2 fully saturated rings. The van der Waals surface area contributed by atoms with E-state index in [9.17, 15) is 10.2 Å². The molecule has 2 unspecified atom stereocenters. The fourth-order valence-corrected chi connectivity index (χ4v) is 3.13. The van der Waals surface area contributed by atoms with Crippen LogP contribution < -0.4 is 16.4 Å². The van der Waals surface area contributed by atoms with Crippen molar-refractivity contribution in [3.05, 3.63) is 0 Å². The SMILES string of the molecule is N=C1NCC2N=C(N)NC23N1CC[C@@]3(O)CO. The number of aliphatic hydroxyl groups excluding tert-OH is 1. The first-order valence-electron chi connectivity index (χ1n) is 5.58. The van der Waals surface area contributed by atoms with Crippen molar-refractivity contribution in [3.63, 3.8) is 0 Å². The minimum Gasteiger partial charge on any atom is -0.393 e. The van der Waals surface area contributed by atoms with Gasteiger partial charge in [-0.1, -0.05) is 0 Å². The third kappa shape index (κ3) is 1.04. The molecule has 0 radical (unpaired) electrons. The highest BCUT2D eigenvalue weighted by molar-refractivity contribution is 5.86. The summed E-state index contributed by atoms with van der Waals surface area (Å²) < 4.78 is 0. The Bertz CT molecular complexity index is 412. The van der Waals surface area contributed by atoms with Crippen LogP contribution in [0.4, 0.5) is 0 Å². The minimum atomic E-state index is -1.34. The number of hydrogen-bond donors (Lipinski definition) is 6. The minimum absolute atomic E-state index is 0.225. The van der Waals surface area contributed by atoms with Gasteiger partial charge in [0.15, 0.2) is 17.6 Å². The van der Waals surface area contributed by atoms with Gasteiger partial charge in [0.25, 0.3) is 0 Å². The van der Waals surface area contributed by atoms with E-state index in [4.69, 9.17) is 11.1 Å². The maximum absolute atomic E-state index is 10.6. The molecule has 3 rings (SSSR count). The van der Waals surface area contributed by atoms with E-state index in [2.05, 4.69) is 15.6 Å². The molecule has 94 valence electrons. The summed E-state index contributed by atoms with van der Waals surface area (Å²) in [6.45, 7) is 0.517. The molecule has 3 aliphatic rings. The number of nitrogens with one attached hydrogen (secondary N) is 3. The second-order valence-corrected chi connectivity index (χ2v) is 4.74. The van der Waals surface area contributed by atoms with Gasteiger partial charge in [-0.15, -0.1) is 0 Å². The van der Waals surface area contributed by atoms with Crippen molar-refractivity contribution in [1.29, 1.82) is 5.41 Å². The maximum atomic E-state index is 10.6. The van der Waals surface area contributed by atoms with Crippen LogP contribution in [0.2, 0.25) is 0 Å². The van der Waals surface area contributed by atoms with Gasteiger partial charge < -0.3 is 31.5 Å². The summed E-state index contributed by atoms with van der Waals surface area (Å²) >= 11 is 0. The third-order valence-corrected chi connectivity index (χ3v) is 3.97. The molecule has 0 amide bonds. The first-order chi connectivity index (χ1) is 8.03. The Kier molecular flexibility index (Phi) is 1.88. The summed E-state index contributed by atoms with van der Waals surface area (Å²) in [5.74, 6) is 0.466. The second-order valence-electron chi connectivity index (χ2n) is 4.74. The lowest BCUT2D eigenvalue weighted by molar-refractivity contribution is -0.0985. The van der Waals surface area contributed by atoms with Gasteiger partial charge in [0.2, 0.25) is 0 Å². The van der Waals surface area contributed by atoms with Crippen LogP contribution >= 0.6 is 0 Å². The molecule has 2 saturated heterocycles. The molecule has 0 bridgehead atoms. The Labute approximate surface area is 98.0 Å². The van der Waals surface area contributed by atoms with Crippen LogP contribution in [0.3, 0.4) is 0 Å². The average molecular weight is 240 g/mol. The predicted molar refractivity (Wildman–Crippen MR) is 60.4 cm³/mol. The summed E-state index contributed by atoms with van der Waals surface area (Å²) in [7, 11) is 0. The zero-order valence-electron chi connectivity index (χ0n) is 9.27. The highest BCUT2D eigenvalue weighted by Gasteiger charge is 2.67. The van der Waals surface area contributed by atoms with Crippen LogP contribution in [0.1, 0.15) is 6.42 Å². The standard InChI is InChI=1S/C9H16N6O2/c10-6-13-5-3-12-7(11)15-2-1-8(17,4-16)9(5,15)14-6/h5,16-17H,1-4H2,(H2,11,12)(H3,10,13,14)/t5?,8-,9?/m1/s1. The molecule has 8 heteroatoms. The fraction of sp³-hybridized carbons (Fsp3) is 0.778. The quantitative estimate of drug-likeness (QED) is 0.288. The zero-order chi connectivity index (χ0) is 12.3. The monoisotopic (exact) mass is 240 g/mol. The van der Waals surface area contributed by atoms with E-state index < -0.39 is 11.3 Å². The van der Waals surface area contributed by atoms with E-state index in [1.165, 1.54) is 0 Å². The molecule has 7 N–H and O–H groups in total. The maximum Gasteiger partial charge on any atom is 0.193 e. The van der Waals surface area contributed by atoms with Gasteiger partial charge in [0.05, 0.1) is 6.61 Å². The third-order valence-electron chi connectivity index (χ3n) is 3.97. The number of rotatable bonds is 1. The molecule has 8 nitrogen and oxygen atoms in total. The topological polar surface area (TPSA) is 130 Å². The van der Waals surface area contributed by atoms with Crippen molar-refractivity contribution < 1.29 is 10.2 Å². The van der Waals surface area contributed by atoms with Crippen LogP contribution in [0.25, 0.3) is 0 Å². The number of nitrogens with two attached hydrogens (primary N) is 1. The van der Waals surface area contributed by atoms with E-state index in [0.29, 0.717) is 19.5 Å². The molecule has 0 aliphatic carbocycles. The Morgan fingerprint density at radius 2 is 2.41 bits per heavy atom. The number of aliphatic imine (C=N–C) groups is 1. The molecule has 3 heterocycles. The Balaban J connectivity index is 2.10. The van der Waals surface area contributed by atoms with Gasteiger partial charge in [-0.3, -0.25) is 5.41 Å². The molecule has 0 aromatic heterocycles. The van der Waals surface area contributed by atoms with E-state index >= 15 is 0 Å². The lowest BCUT2D eigenvalue weighted by Crippen LogP contribution is -2.78. The summed E-state index contributed by atoms with van der Waals surface area (Å²) in [6.07, 6.45) is 0.375. The summed E-state index contributed by atoms with van der Waals surface area (Å²) in [5, 5.41) is 33.8. The normalized spacial score (nSPS) is 43.6. The first kappa shape index (κ1) is 10.6. The van der Waals surface area contributed by atoms with Gasteiger partial charge in [0.1, 0.15) is 11.6 Å². The van der Waals surface area contributed by atoms with E-state index in [-0.39, 0.29) is 24.6 Å². The van der Waals surface area contributed by atoms with Crippen molar-refractivity contribution >= 4 is 11.9 Å². The zero-order valence-corrected chi connectivity index (χ0v) is 9.27. The van der Waals surface area contributed by atoms with Crippen LogP contribution in [-0.4, -0.2) is 64.0 Å². The van der Waals surface area contributed by atoms with E-state index in [1.54, 1.807) is 4.90 Å². The molecular weight excluding hydrogens is 224 g/mol. The first-order valence-corrected chi connectivity index (χ1v) is 5.58. The number of aliphatic hydroxyl groups is 2. The van der Waals surface area contributed by atoms with Crippen molar-refractivity contribution in [3.8, 4) is 0 Å². The number of nitrogens with zero attached hydrogens (tertiary/aromatic N) is 2. The number of guanidine groups is 2. The van der Waals surface area contributed by atoms with Crippen LogP contribution in [0.5, 0.6) is 0 Å². The highest BCUT2D eigenvalue weighted by atomic mass is 16.3. The molecule has 0 saturated carbocycles. The number of hydrogen-bond acceptors (Lipinski definition) is 6. The van der Waals surface area contributed by atoms with Crippen molar-refractivity contribution in [1.82, 2.24) is 15.5 Å². The molecule has 1 spiro atoms. The molecule has 3 aliphatic heterocycles. The van der Waals surface area contributed by atoms with Gasteiger partial charge in [-0.2, -0.15) is 0 Å². The Hall–Kier alpha value is -1.54. The van der Waals surface area contributed by atoms with Gasteiger partial charge in [0, 0.05) is 19.5 Å². The van der Waals surface area contributed by atoms with Crippen LogP contribution in [0, 0.1) is 5.41 Å². The highest BCUT2D eigenvalue weighted by Crippen LogP contribution is 2.43. The van der Waals surface area contributed by atoms with Crippen molar-refractivity contribution in [2.45, 2.75) is 23.7 Å². The largest absolute Gasteiger partial charge is 0.393 e. The lowest BCUT2D eigenvalue weighted by Gasteiger charge is -2.50. The fourth-order valence-electron chi connectivity index (χ4n) is 3.13. The van der Waals surface area contributed by atoms with Crippen molar-refractivity contribution in [2.24, 2.45) is 10.7 Å². The molecule has 3 atom stereocenters. The Morgan fingerprint density at radius 1 is 1.65 bits per heavy atom. The molecule has 0 aromatic rings. The predicted octanol–water partition coefficient (Wildman–Crippen LogP) is -3.06. The lowest BCUT2D eigenvalue weighted by atomic mass is 9.82. The molecule has 17 heavy (non-hydrogen) atoms. The van der Waals surface area contributed by atoms with Gasteiger partial charge in [-0.25, -0.2) is 4.99 Å². The van der Waals surface area contributed by atoms with E-state index in [1.807, 2.05) is 0 Å². The van der Waals surface area contributed by atoms with Crippen LogP contribution in [-0.2, 0) is 0 Å². The van der Waals surface area contributed by atoms with E-state index in [0.717, 1.165) is 0 Å². The second kappa shape index (κ2) is 3.02. The summed E-state index contributed by atoms with van der Waals surface area (Å²) in [6, 6.07) is -0.309. The smallest absolute Gasteiger partial charge is 0.193 e. The van der Waals surface area contributed by atoms with Gasteiger partial charge in [-0.05, 0) is 0 Å². The Morgan fingerprint density at radius 3 is 3.12 bits per heavy atom. The summed E-state index contributed by atoms with van der Waals surface area (Å²) in [5.41, 5.74) is 3.37. The average Bonchev–Trinajstić information content (AvgIpc) is 2.78.